The molecule has 0 N–H and O–H groups in total. The van der Waals surface area contributed by atoms with Crippen LogP contribution in [0.2, 0.25) is 0 Å². The van der Waals surface area contributed by atoms with Crippen LogP contribution in [0.4, 0.5) is 0 Å². The second-order valence-electron chi connectivity index (χ2n) is 13.8. The van der Waals surface area contributed by atoms with E-state index < -0.39 is 5.41 Å². The van der Waals surface area contributed by atoms with Crippen LogP contribution in [-0.2, 0) is 9.59 Å². The summed E-state index contributed by atoms with van der Waals surface area (Å²) in [4.78, 5) is 27.1. The van der Waals surface area contributed by atoms with Crippen LogP contribution in [0.15, 0.2) is 69.9 Å². The van der Waals surface area contributed by atoms with Gasteiger partial charge in [0.25, 0.3) is 0 Å². The van der Waals surface area contributed by atoms with Crippen LogP contribution in [0.5, 0.6) is 0 Å². The lowest BCUT2D eigenvalue weighted by Crippen LogP contribution is -2.47. The van der Waals surface area contributed by atoms with Gasteiger partial charge in [0.1, 0.15) is 11.6 Å². The van der Waals surface area contributed by atoms with Crippen molar-refractivity contribution in [2.45, 2.75) is 146 Å². The molecular formula is C38H60O2. The van der Waals surface area contributed by atoms with Gasteiger partial charge < -0.3 is 0 Å². The molecule has 0 radical (unpaired) electrons. The molecular weight excluding hydrogens is 488 g/mol. The van der Waals surface area contributed by atoms with E-state index >= 15 is 0 Å². The minimum Gasteiger partial charge on any atom is -0.299 e. The number of hydrogen-bond donors (Lipinski definition) is 0. The average molecular weight is 549 g/mol. The van der Waals surface area contributed by atoms with E-state index in [-0.39, 0.29) is 17.0 Å². The second kappa shape index (κ2) is 17.6. The molecule has 0 aliphatic heterocycles. The number of carbonyl (C=O) groups excluding carboxylic acids is 2. The maximum Gasteiger partial charge on any atom is 0.147 e. The lowest BCUT2D eigenvalue weighted by Gasteiger charge is -2.40. The highest BCUT2D eigenvalue weighted by Gasteiger charge is 2.50. The molecule has 1 rings (SSSR count). The van der Waals surface area contributed by atoms with Crippen LogP contribution >= 0.6 is 0 Å². The zero-order valence-corrected chi connectivity index (χ0v) is 27.8. The summed E-state index contributed by atoms with van der Waals surface area (Å²) in [5.74, 6) is 0.263. The third kappa shape index (κ3) is 13.9. The van der Waals surface area contributed by atoms with Crippen molar-refractivity contribution < 1.29 is 9.59 Å². The van der Waals surface area contributed by atoms with Crippen LogP contribution in [0.3, 0.4) is 0 Å². The van der Waals surface area contributed by atoms with Crippen LogP contribution in [0.25, 0.3) is 0 Å². The number of rotatable bonds is 16. The Kier molecular flexibility index (Phi) is 15.7. The Morgan fingerprint density at radius 2 is 0.825 bits per heavy atom. The monoisotopic (exact) mass is 548 g/mol. The second-order valence-corrected chi connectivity index (χ2v) is 13.8. The van der Waals surface area contributed by atoms with Gasteiger partial charge in [-0.2, -0.15) is 0 Å². The fraction of sp³-hybridized carbons (Fsp3) is 0.632. The van der Waals surface area contributed by atoms with E-state index in [0.717, 1.165) is 51.4 Å². The predicted molar refractivity (Wildman–Crippen MR) is 176 cm³/mol. The van der Waals surface area contributed by atoms with E-state index in [1.165, 1.54) is 33.4 Å². The van der Waals surface area contributed by atoms with Gasteiger partial charge >= 0.3 is 0 Å². The van der Waals surface area contributed by atoms with Gasteiger partial charge in [0.15, 0.2) is 0 Å². The molecule has 40 heavy (non-hydrogen) atoms. The van der Waals surface area contributed by atoms with E-state index in [0.29, 0.717) is 25.7 Å². The van der Waals surface area contributed by atoms with Crippen molar-refractivity contribution in [1.82, 2.24) is 0 Å². The Morgan fingerprint density at radius 3 is 1.15 bits per heavy atom. The van der Waals surface area contributed by atoms with Crippen molar-refractivity contribution in [1.29, 1.82) is 0 Å². The number of ketones is 2. The van der Waals surface area contributed by atoms with Crippen molar-refractivity contribution in [3.8, 4) is 0 Å². The summed E-state index contributed by atoms with van der Waals surface area (Å²) in [6.45, 7) is 21.4. The predicted octanol–water partition coefficient (Wildman–Crippen LogP) is 11.5. The maximum absolute atomic E-state index is 13.6. The van der Waals surface area contributed by atoms with E-state index in [1.54, 1.807) is 0 Å². The van der Waals surface area contributed by atoms with Crippen molar-refractivity contribution in [2.75, 3.05) is 0 Å². The van der Waals surface area contributed by atoms with Gasteiger partial charge in [0, 0.05) is 12.8 Å². The maximum atomic E-state index is 13.6. The van der Waals surface area contributed by atoms with Crippen molar-refractivity contribution >= 4 is 11.6 Å². The molecule has 1 aliphatic rings. The summed E-state index contributed by atoms with van der Waals surface area (Å²) in [6.07, 6.45) is 24.0. The Labute approximate surface area is 247 Å². The summed E-state index contributed by atoms with van der Waals surface area (Å²) in [7, 11) is 0. The molecule has 1 fully saturated rings. The highest BCUT2D eigenvalue weighted by Crippen LogP contribution is 2.45. The third-order valence-corrected chi connectivity index (χ3v) is 8.19. The molecule has 0 unspecified atom stereocenters. The average Bonchev–Trinajstić information content (AvgIpc) is 2.82. The molecule has 1 aliphatic carbocycles. The van der Waals surface area contributed by atoms with Crippen molar-refractivity contribution in [3.63, 3.8) is 0 Å². The molecule has 0 aromatic heterocycles. The molecule has 0 saturated heterocycles. The molecule has 224 valence electrons. The van der Waals surface area contributed by atoms with Crippen LogP contribution in [0, 0.1) is 10.8 Å². The van der Waals surface area contributed by atoms with Gasteiger partial charge in [0.2, 0.25) is 0 Å². The molecule has 0 aromatic rings. The molecule has 0 bridgehead atoms. The van der Waals surface area contributed by atoms with Gasteiger partial charge in [-0.05, 0) is 125 Å². The Hall–Kier alpha value is -2.22. The zero-order valence-electron chi connectivity index (χ0n) is 27.8. The quantitative estimate of drug-likeness (QED) is 0.142. The standard InChI is InChI=1S/C38H60O2/c1-29(2)15-11-17-31(5)19-13-21-33(7)23-25-38(35(39)27-37(9,10)28-36(38)40)26-24-34(8)22-14-20-32(6)18-12-16-30(3)4/h15-16,19-20,23-24H,11-14,17-18,21-22,25-28H2,1-10H3/b31-19+,32-20+,33-23+,34-24+. The number of carbonyl (C=O) groups is 2. The molecule has 0 spiro atoms. The molecule has 0 aromatic carbocycles. The van der Waals surface area contributed by atoms with Gasteiger partial charge in [-0.15, -0.1) is 0 Å². The topological polar surface area (TPSA) is 34.1 Å². The third-order valence-electron chi connectivity index (χ3n) is 8.19. The van der Waals surface area contributed by atoms with Gasteiger partial charge in [0.05, 0.1) is 5.41 Å². The number of allylic oxidation sites excluding steroid dienone is 12. The molecule has 2 heteroatoms. The SMILES string of the molecule is CC(C)=CCC/C(C)=C/CC/C(C)=C/CC1(C/C=C(\C)CC/C=C(\C)CCC=C(C)C)C(=O)CC(C)(C)CC1=O. The summed E-state index contributed by atoms with van der Waals surface area (Å²) in [5.41, 5.74) is 7.01. The van der Waals surface area contributed by atoms with E-state index in [4.69, 9.17) is 0 Å². The van der Waals surface area contributed by atoms with Crippen molar-refractivity contribution in [2.24, 2.45) is 10.8 Å². The van der Waals surface area contributed by atoms with Gasteiger partial charge in [-0.1, -0.05) is 83.7 Å². The number of Topliss-reactive ketones (excluding diaryl/α,β-unsaturated/α-hetero) is 2. The van der Waals surface area contributed by atoms with Crippen molar-refractivity contribution in [3.05, 3.63) is 69.9 Å². The van der Waals surface area contributed by atoms with Crippen LogP contribution in [-0.4, -0.2) is 11.6 Å². The molecule has 0 amide bonds. The Morgan fingerprint density at radius 1 is 0.525 bits per heavy atom. The molecule has 2 nitrogen and oxygen atoms in total. The minimum absolute atomic E-state index is 0.131. The Balaban J connectivity index is 2.89. The van der Waals surface area contributed by atoms with Gasteiger partial charge in [-0.3, -0.25) is 9.59 Å². The first-order valence-corrected chi connectivity index (χ1v) is 15.6. The first-order chi connectivity index (χ1) is 18.7. The summed E-state index contributed by atoms with van der Waals surface area (Å²) in [6, 6.07) is 0. The molecule has 0 atom stereocenters. The number of hydrogen-bond acceptors (Lipinski definition) is 2. The normalized spacial score (nSPS) is 18.1. The fourth-order valence-corrected chi connectivity index (χ4v) is 5.34. The van der Waals surface area contributed by atoms with Crippen LogP contribution in [0.1, 0.15) is 146 Å². The highest BCUT2D eigenvalue weighted by atomic mass is 16.2. The minimum atomic E-state index is -0.899. The largest absolute Gasteiger partial charge is 0.299 e. The summed E-state index contributed by atoms with van der Waals surface area (Å²) >= 11 is 0. The van der Waals surface area contributed by atoms with E-state index in [1.807, 2.05) is 13.8 Å². The van der Waals surface area contributed by atoms with E-state index in [9.17, 15) is 9.59 Å². The van der Waals surface area contributed by atoms with Gasteiger partial charge in [-0.25, -0.2) is 0 Å². The lowest BCUT2D eigenvalue weighted by atomic mass is 9.60. The lowest BCUT2D eigenvalue weighted by molar-refractivity contribution is -0.148. The molecule has 1 saturated carbocycles. The first kappa shape index (κ1) is 35.8. The Bertz CT molecular complexity index is 945. The zero-order chi connectivity index (χ0) is 30.3. The fourth-order valence-electron chi connectivity index (χ4n) is 5.34. The summed E-state index contributed by atoms with van der Waals surface area (Å²) < 4.78 is 0. The van der Waals surface area contributed by atoms with Crippen LogP contribution < -0.4 is 0 Å². The first-order valence-electron chi connectivity index (χ1n) is 15.6. The highest BCUT2D eigenvalue weighted by molar-refractivity contribution is 6.10. The summed E-state index contributed by atoms with van der Waals surface area (Å²) in [5, 5.41) is 0. The molecule has 0 heterocycles. The smallest absolute Gasteiger partial charge is 0.147 e. The van der Waals surface area contributed by atoms with E-state index in [2.05, 4.69) is 91.8 Å².